The van der Waals surface area contributed by atoms with E-state index in [-0.39, 0.29) is 24.2 Å². The summed E-state index contributed by atoms with van der Waals surface area (Å²) in [7, 11) is -3.12. The fourth-order valence-corrected chi connectivity index (χ4v) is 9.00. The molecule has 7 heteroatoms. The predicted molar refractivity (Wildman–Crippen MR) is 122 cm³/mol. The number of halogens is 1. The summed E-state index contributed by atoms with van der Waals surface area (Å²) in [6.45, 7) is 12.5. The lowest BCUT2D eigenvalue weighted by Gasteiger charge is -2.38. The predicted octanol–water partition coefficient (Wildman–Crippen LogP) is 6.01. The number of hydrogen-bond acceptors (Lipinski definition) is 2. The Hall–Kier alpha value is -0.960. The number of nitrogens with zero attached hydrogens (tertiary/aromatic N) is 3. The molecular formula is C22H32BrN4OP. The zero-order chi connectivity index (χ0) is 21.3. The highest BCUT2D eigenvalue weighted by molar-refractivity contribution is 9.10. The van der Waals surface area contributed by atoms with E-state index in [0.29, 0.717) is 5.57 Å². The van der Waals surface area contributed by atoms with Gasteiger partial charge in [0.1, 0.15) is 0 Å². The van der Waals surface area contributed by atoms with Gasteiger partial charge in [-0.25, -0.2) is 14.4 Å². The highest BCUT2D eigenvalue weighted by atomic mass is 79.9. The van der Waals surface area contributed by atoms with Crippen LogP contribution in [0.5, 0.6) is 0 Å². The van der Waals surface area contributed by atoms with Crippen LogP contribution in [0.2, 0.25) is 0 Å². The van der Waals surface area contributed by atoms with Gasteiger partial charge in [-0.1, -0.05) is 47.5 Å². The van der Waals surface area contributed by atoms with E-state index in [4.69, 9.17) is 0 Å². The third-order valence-electron chi connectivity index (χ3n) is 6.05. The average molecular weight is 479 g/mol. The Kier molecular flexibility index (Phi) is 7.08. The van der Waals surface area contributed by atoms with Gasteiger partial charge in [0, 0.05) is 34.2 Å². The lowest BCUT2D eigenvalue weighted by molar-refractivity contribution is 0.173. The van der Waals surface area contributed by atoms with Gasteiger partial charge >= 0.3 is 0 Å². The van der Waals surface area contributed by atoms with Crippen LogP contribution in [0, 0.1) is 11.3 Å². The molecule has 1 N–H and O–H groups in total. The summed E-state index contributed by atoms with van der Waals surface area (Å²) in [4.78, 5) is 0. The van der Waals surface area contributed by atoms with Crippen LogP contribution in [0.1, 0.15) is 65.0 Å². The van der Waals surface area contributed by atoms with E-state index in [1.807, 2.05) is 24.3 Å². The minimum atomic E-state index is -3.12. The van der Waals surface area contributed by atoms with Crippen molar-refractivity contribution in [3.05, 3.63) is 46.5 Å². The first-order valence-electron chi connectivity index (χ1n) is 10.5. The highest BCUT2D eigenvalue weighted by Crippen LogP contribution is 2.64. The van der Waals surface area contributed by atoms with Gasteiger partial charge < -0.3 is 0 Å². The maximum atomic E-state index is 14.8. The SMILES string of the molecule is C=C(C#N)[C@@H](NP1(=O)N(C(C)C)[C@@H]2CCCC[C@H]2N1C(C)C)c1ccc(Br)cc1. The third kappa shape index (κ3) is 4.27. The number of fused-ring (bicyclic) bond motifs is 1. The largest absolute Gasteiger partial charge is 0.286 e. The summed E-state index contributed by atoms with van der Waals surface area (Å²) in [5.41, 5.74) is 1.28. The Labute approximate surface area is 183 Å². The molecule has 0 bridgehead atoms. The van der Waals surface area contributed by atoms with Crippen molar-refractivity contribution in [2.45, 2.75) is 83.6 Å². The number of benzene rings is 1. The van der Waals surface area contributed by atoms with Crippen LogP contribution >= 0.6 is 23.5 Å². The van der Waals surface area contributed by atoms with E-state index in [0.717, 1.165) is 22.9 Å². The summed E-state index contributed by atoms with van der Waals surface area (Å²) in [5.74, 6) is 0. The maximum absolute atomic E-state index is 14.8. The number of nitrogens with one attached hydrogen (secondary N) is 1. The molecule has 1 aromatic carbocycles. The van der Waals surface area contributed by atoms with E-state index in [1.165, 1.54) is 12.8 Å². The zero-order valence-electron chi connectivity index (χ0n) is 17.8. The minimum Gasteiger partial charge on any atom is -0.270 e. The number of rotatable bonds is 6. The van der Waals surface area contributed by atoms with Crippen molar-refractivity contribution in [3.63, 3.8) is 0 Å². The first kappa shape index (κ1) is 22.7. The van der Waals surface area contributed by atoms with Gasteiger partial charge in [0.15, 0.2) is 0 Å². The minimum absolute atomic E-state index is 0.142. The van der Waals surface area contributed by atoms with Crippen LogP contribution in [-0.2, 0) is 4.57 Å². The average Bonchev–Trinajstić information content (AvgIpc) is 2.94. The van der Waals surface area contributed by atoms with Crippen molar-refractivity contribution in [1.82, 2.24) is 14.4 Å². The molecule has 5 nitrogen and oxygen atoms in total. The van der Waals surface area contributed by atoms with Crippen molar-refractivity contribution < 1.29 is 4.57 Å². The zero-order valence-corrected chi connectivity index (χ0v) is 20.3. The Morgan fingerprint density at radius 1 is 1.14 bits per heavy atom. The first-order valence-corrected chi connectivity index (χ1v) is 12.9. The van der Waals surface area contributed by atoms with Crippen LogP contribution in [-0.4, -0.2) is 33.5 Å². The summed E-state index contributed by atoms with van der Waals surface area (Å²) in [5, 5.41) is 13.1. The molecule has 158 valence electrons. The maximum Gasteiger partial charge on any atom is 0.286 e. The molecular weight excluding hydrogens is 447 g/mol. The van der Waals surface area contributed by atoms with E-state index >= 15 is 0 Å². The summed E-state index contributed by atoms with van der Waals surface area (Å²) in [6, 6.07) is 10.4. The van der Waals surface area contributed by atoms with E-state index < -0.39 is 13.6 Å². The lowest BCUT2D eigenvalue weighted by atomic mass is 9.89. The molecule has 1 aliphatic carbocycles. The van der Waals surface area contributed by atoms with Gasteiger partial charge in [-0.05, 0) is 58.2 Å². The summed E-state index contributed by atoms with van der Waals surface area (Å²) < 4.78 is 20.2. The second-order valence-corrected chi connectivity index (χ2v) is 11.8. The van der Waals surface area contributed by atoms with Crippen molar-refractivity contribution in [1.29, 1.82) is 5.26 Å². The van der Waals surface area contributed by atoms with Gasteiger partial charge in [0.25, 0.3) is 7.59 Å². The third-order valence-corrected chi connectivity index (χ3v) is 9.94. The van der Waals surface area contributed by atoms with Gasteiger partial charge in [-0.2, -0.15) is 5.26 Å². The smallest absolute Gasteiger partial charge is 0.270 e. The summed E-state index contributed by atoms with van der Waals surface area (Å²) >= 11 is 3.47. The molecule has 1 aliphatic heterocycles. The van der Waals surface area contributed by atoms with E-state index in [2.05, 4.69) is 70.7 Å². The molecule has 0 aromatic heterocycles. The van der Waals surface area contributed by atoms with Crippen LogP contribution in [0.4, 0.5) is 0 Å². The first-order chi connectivity index (χ1) is 13.7. The fourth-order valence-electron chi connectivity index (χ4n) is 5.00. The van der Waals surface area contributed by atoms with Crippen LogP contribution in [0.3, 0.4) is 0 Å². The molecule has 0 spiro atoms. The van der Waals surface area contributed by atoms with Crippen molar-refractivity contribution in [2.75, 3.05) is 0 Å². The molecule has 2 fully saturated rings. The second kappa shape index (κ2) is 9.04. The molecule has 3 rings (SSSR count). The topological polar surface area (TPSA) is 59.4 Å². The van der Waals surface area contributed by atoms with Crippen molar-refractivity contribution in [3.8, 4) is 6.07 Å². The van der Waals surface area contributed by atoms with Gasteiger partial charge in [-0.15, -0.1) is 0 Å². The van der Waals surface area contributed by atoms with Crippen molar-refractivity contribution in [2.24, 2.45) is 0 Å². The molecule has 1 saturated heterocycles. The molecule has 0 radical (unpaired) electrons. The standard InChI is InChI=1S/C22H32BrN4OP/c1-15(2)26-20-8-6-7-9-21(20)27(16(3)4)29(26,28)25-22(17(5)14-24)18-10-12-19(23)13-11-18/h10-13,15-16,20-22H,5-9H2,1-4H3,(H,25,28)/t20-,21-,22-/m1/s1. The molecule has 0 amide bonds. The number of nitriles is 1. The van der Waals surface area contributed by atoms with Gasteiger partial charge in [0.2, 0.25) is 0 Å². The van der Waals surface area contributed by atoms with E-state index in [9.17, 15) is 9.83 Å². The van der Waals surface area contributed by atoms with Gasteiger partial charge in [0.05, 0.1) is 12.1 Å². The molecule has 0 unspecified atom stereocenters. The summed E-state index contributed by atoms with van der Waals surface area (Å²) in [6.07, 6.45) is 4.49. The van der Waals surface area contributed by atoms with E-state index in [1.54, 1.807) is 0 Å². The van der Waals surface area contributed by atoms with Crippen molar-refractivity contribution >= 4 is 23.5 Å². The molecule has 1 saturated carbocycles. The van der Waals surface area contributed by atoms with Gasteiger partial charge in [-0.3, -0.25) is 4.57 Å². The van der Waals surface area contributed by atoms with Crippen LogP contribution < -0.4 is 5.09 Å². The quantitative estimate of drug-likeness (QED) is 0.400. The molecule has 1 heterocycles. The fraction of sp³-hybridized carbons (Fsp3) is 0.591. The number of hydrogen-bond donors (Lipinski definition) is 1. The Morgan fingerprint density at radius 2 is 1.62 bits per heavy atom. The molecule has 3 atom stereocenters. The molecule has 2 aliphatic rings. The Bertz CT molecular complexity index is 804. The normalized spacial score (nSPS) is 25.7. The monoisotopic (exact) mass is 478 g/mol. The molecule has 1 aromatic rings. The highest BCUT2D eigenvalue weighted by Gasteiger charge is 2.57. The van der Waals surface area contributed by atoms with Crippen LogP contribution in [0.15, 0.2) is 40.9 Å². The lowest BCUT2D eigenvalue weighted by Crippen LogP contribution is -2.43. The Balaban J connectivity index is 2.07. The Morgan fingerprint density at radius 3 is 2.03 bits per heavy atom. The second-order valence-electron chi connectivity index (χ2n) is 8.66. The molecule has 29 heavy (non-hydrogen) atoms. The van der Waals surface area contributed by atoms with Crippen LogP contribution in [0.25, 0.3) is 0 Å².